The lowest BCUT2D eigenvalue weighted by atomic mass is 10.0. The van der Waals surface area contributed by atoms with Crippen LogP contribution in [-0.4, -0.2) is 11.8 Å². The van der Waals surface area contributed by atoms with Crippen LogP contribution >= 0.6 is 11.6 Å². The fourth-order valence-corrected chi connectivity index (χ4v) is 4.22. The van der Waals surface area contributed by atoms with Crippen LogP contribution < -0.4 is 4.90 Å². The predicted octanol–water partition coefficient (Wildman–Crippen LogP) is 3.99. The molecule has 1 fully saturated rings. The lowest BCUT2D eigenvalue weighted by molar-refractivity contribution is -0.817. The second kappa shape index (κ2) is 6.04. The van der Waals surface area contributed by atoms with Crippen LogP contribution in [0.3, 0.4) is 0 Å². The molecule has 0 spiro atoms. The Labute approximate surface area is 156 Å². The fourth-order valence-electron chi connectivity index (χ4n) is 4.10. The van der Waals surface area contributed by atoms with E-state index in [1.807, 2.05) is 42.5 Å². The van der Waals surface area contributed by atoms with Gasteiger partial charge in [0.15, 0.2) is 12.1 Å². The van der Waals surface area contributed by atoms with Crippen molar-refractivity contribution in [1.29, 1.82) is 0 Å². The summed E-state index contributed by atoms with van der Waals surface area (Å²) in [5.41, 5.74) is 4.06. The Morgan fingerprint density at radius 3 is 2.23 bits per heavy atom. The maximum absolute atomic E-state index is 14.4. The molecular weight excluding hydrogens is 347 g/mol. The summed E-state index contributed by atoms with van der Waals surface area (Å²) in [7, 11) is 0. The van der Waals surface area contributed by atoms with Crippen molar-refractivity contribution in [3.05, 3.63) is 106 Å². The quantitative estimate of drug-likeness (QED) is 0.678. The molecule has 1 saturated heterocycles. The molecule has 2 aliphatic rings. The zero-order chi connectivity index (χ0) is 17.7. The third-order valence-corrected chi connectivity index (χ3v) is 5.57. The maximum atomic E-state index is 14.4. The molecule has 3 aromatic rings. The minimum atomic E-state index is -0.211. The number of hydrogen-bond acceptors (Lipinski definition) is 1. The molecule has 26 heavy (non-hydrogen) atoms. The van der Waals surface area contributed by atoms with E-state index in [0.717, 1.165) is 16.3 Å². The van der Waals surface area contributed by atoms with Crippen LogP contribution in [0.1, 0.15) is 28.9 Å². The van der Waals surface area contributed by atoms with Crippen molar-refractivity contribution in [3.63, 3.8) is 0 Å². The highest BCUT2D eigenvalue weighted by atomic mass is 35.5. The predicted molar refractivity (Wildman–Crippen MR) is 101 cm³/mol. The van der Waals surface area contributed by atoms with Gasteiger partial charge < -0.3 is 0 Å². The van der Waals surface area contributed by atoms with E-state index in [1.165, 1.54) is 16.5 Å². The summed E-state index contributed by atoms with van der Waals surface area (Å²) in [4.78, 5) is 6.22. The van der Waals surface area contributed by atoms with Crippen molar-refractivity contribution in [3.8, 4) is 0 Å². The maximum Gasteiger partial charge on any atom is 0.212 e. The lowest BCUT2D eigenvalue weighted by Crippen LogP contribution is -2.93. The molecular formula is C22H17ClFN2+. The smallest absolute Gasteiger partial charge is 0.212 e. The first-order chi connectivity index (χ1) is 12.7. The van der Waals surface area contributed by atoms with Gasteiger partial charge in [-0.15, -0.1) is 0 Å². The van der Waals surface area contributed by atoms with Crippen LogP contribution in [-0.2, 0) is 0 Å². The first-order valence-electron chi connectivity index (χ1n) is 8.73. The Kier molecular flexibility index (Phi) is 3.66. The number of fused-ring (bicyclic) bond motifs is 1. The normalized spacial score (nSPS) is 26.3. The number of quaternary nitrogens is 1. The Bertz CT molecular complexity index is 985. The van der Waals surface area contributed by atoms with E-state index in [2.05, 4.69) is 24.3 Å². The van der Waals surface area contributed by atoms with Crippen molar-refractivity contribution in [2.45, 2.75) is 18.2 Å². The highest BCUT2D eigenvalue weighted by molar-refractivity contribution is 6.30. The van der Waals surface area contributed by atoms with Crippen LogP contribution in [0.15, 0.2) is 83.9 Å². The van der Waals surface area contributed by atoms with Gasteiger partial charge in [-0.2, -0.15) is 0 Å². The standard InChI is InChI=1S/C22H16ClFN2/c23-16-12-10-15(11-13-16)20-21-19(14-6-2-1-3-7-14)25-22(26(20)21)17-8-4-5-9-18(17)24/h1-13,20-22H/p+1/t20-,21-,22+,26?/m1/s1. The number of nitrogens with one attached hydrogen (secondary N) is 1. The van der Waals surface area contributed by atoms with Gasteiger partial charge in [0.1, 0.15) is 11.5 Å². The number of aliphatic imine (C=N–C) groups is 1. The Morgan fingerprint density at radius 1 is 0.808 bits per heavy atom. The van der Waals surface area contributed by atoms with Gasteiger partial charge in [0.05, 0.1) is 5.56 Å². The molecule has 4 atom stereocenters. The molecule has 1 unspecified atom stereocenters. The molecule has 3 aromatic carbocycles. The zero-order valence-electron chi connectivity index (χ0n) is 13.9. The van der Waals surface area contributed by atoms with Crippen molar-refractivity contribution < 1.29 is 9.29 Å². The summed E-state index contributed by atoms with van der Waals surface area (Å²) in [5, 5.41) is 0.729. The van der Waals surface area contributed by atoms with E-state index in [4.69, 9.17) is 16.6 Å². The number of rotatable bonds is 3. The average Bonchev–Trinajstić information content (AvgIpc) is 3.28. The number of halogens is 2. The molecule has 2 nitrogen and oxygen atoms in total. The van der Waals surface area contributed by atoms with E-state index < -0.39 is 0 Å². The molecule has 2 heterocycles. The van der Waals surface area contributed by atoms with Crippen molar-refractivity contribution in [1.82, 2.24) is 0 Å². The molecule has 0 saturated carbocycles. The molecule has 1 N–H and O–H groups in total. The van der Waals surface area contributed by atoms with Gasteiger partial charge in [0.25, 0.3) is 0 Å². The SMILES string of the molecule is Fc1ccccc1[C@H]1N=C(c2ccccc2)[C@@H]2[C@@H](c3ccc(Cl)cc3)[NH+]12. The first-order valence-corrected chi connectivity index (χ1v) is 9.11. The summed E-state index contributed by atoms with van der Waals surface area (Å²) in [6.07, 6.45) is -0.211. The van der Waals surface area contributed by atoms with E-state index in [1.54, 1.807) is 6.07 Å². The Hall–Kier alpha value is -2.49. The number of hydrogen-bond donors (Lipinski definition) is 1. The molecule has 2 aliphatic heterocycles. The third-order valence-electron chi connectivity index (χ3n) is 5.32. The molecule has 0 aliphatic carbocycles. The highest BCUT2D eigenvalue weighted by Crippen LogP contribution is 2.37. The van der Waals surface area contributed by atoms with Crippen molar-refractivity contribution in [2.24, 2.45) is 4.99 Å². The average molecular weight is 364 g/mol. The number of nitrogens with zero attached hydrogens (tertiary/aromatic N) is 1. The molecule has 4 heteroatoms. The zero-order valence-corrected chi connectivity index (χ0v) is 14.7. The summed E-state index contributed by atoms with van der Waals surface area (Å²) < 4.78 is 14.4. The van der Waals surface area contributed by atoms with Gasteiger partial charge in [-0.25, -0.2) is 9.38 Å². The van der Waals surface area contributed by atoms with Crippen LogP contribution in [0, 0.1) is 5.82 Å². The van der Waals surface area contributed by atoms with Crippen molar-refractivity contribution >= 4 is 17.3 Å². The summed E-state index contributed by atoms with van der Waals surface area (Å²) >= 11 is 6.05. The van der Waals surface area contributed by atoms with Crippen LogP contribution in [0.25, 0.3) is 0 Å². The number of benzene rings is 3. The molecule has 0 bridgehead atoms. The van der Waals surface area contributed by atoms with Crippen molar-refractivity contribution in [2.75, 3.05) is 0 Å². The summed E-state index contributed by atoms with van der Waals surface area (Å²) in [6.45, 7) is 0. The van der Waals surface area contributed by atoms with Gasteiger partial charge in [-0.1, -0.05) is 66.2 Å². The summed E-state index contributed by atoms with van der Waals surface area (Å²) in [6, 6.07) is 25.7. The second-order valence-corrected chi connectivity index (χ2v) is 7.25. The molecule has 0 amide bonds. The second-order valence-electron chi connectivity index (χ2n) is 6.81. The monoisotopic (exact) mass is 363 g/mol. The molecule has 128 valence electrons. The third kappa shape index (κ3) is 2.47. The van der Waals surface area contributed by atoms with Gasteiger partial charge in [-0.3, -0.25) is 4.90 Å². The molecule has 0 radical (unpaired) electrons. The minimum Gasteiger partial charge on any atom is -0.286 e. The van der Waals surface area contributed by atoms with Gasteiger partial charge in [0, 0.05) is 16.1 Å². The minimum absolute atomic E-state index is 0.191. The Balaban J connectivity index is 1.58. The lowest BCUT2D eigenvalue weighted by Gasteiger charge is -2.11. The highest BCUT2D eigenvalue weighted by Gasteiger charge is 2.66. The van der Waals surface area contributed by atoms with Gasteiger partial charge >= 0.3 is 0 Å². The summed E-state index contributed by atoms with van der Waals surface area (Å²) in [5.74, 6) is -0.191. The van der Waals surface area contributed by atoms with E-state index in [9.17, 15) is 4.39 Å². The van der Waals surface area contributed by atoms with Crippen LogP contribution in [0.2, 0.25) is 5.02 Å². The van der Waals surface area contributed by atoms with Gasteiger partial charge in [0.2, 0.25) is 6.17 Å². The first kappa shape index (κ1) is 15.7. The van der Waals surface area contributed by atoms with Gasteiger partial charge in [-0.05, 0) is 24.3 Å². The van der Waals surface area contributed by atoms with E-state index in [0.29, 0.717) is 5.56 Å². The largest absolute Gasteiger partial charge is 0.286 e. The topological polar surface area (TPSA) is 16.8 Å². The molecule has 0 aromatic heterocycles. The molecule has 5 rings (SSSR count). The Morgan fingerprint density at radius 2 is 1.50 bits per heavy atom. The van der Waals surface area contributed by atoms with E-state index >= 15 is 0 Å². The van der Waals surface area contributed by atoms with Crippen LogP contribution in [0.5, 0.6) is 0 Å². The van der Waals surface area contributed by atoms with E-state index in [-0.39, 0.29) is 24.1 Å². The fraction of sp³-hybridized carbons (Fsp3) is 0.136. The van der Waals surface area contributed by atoms with Crippen LogP contribution in [0.4, 0.5) is 4.39 Å².